The van der Waals surface area contributed by atoms with Crippen LogP contribution in [0.5, 0.6) is 0 Å². The molecule has 1 saturated carbocycles. The largest absolute Gasteiger partial charge is 0.389 e. The number of hydrogen-bond acceptors (Lipinski definition) is 5. The van der Waals surface area contributed by atoms with Crippen molar-refractivity contribution in [3.8, 4) is 0 Å². The van der Waals surface area contributed by atoms with E-state index in [0.29, 0.717) is 11.7 Å². The van der Waals surface area contributed by atoms with Crippen molar-refractivity contribution >= 4 is 17.2 Å². The Morgan fingerprint density at radius 2 is 2.19 bits per heavy atom. The van der Waals surface area contributed by atoms with E-state index in [1.807, 2.05) is 32.1 Å². The zero-order valence-electron chi connectivity index (χ0n) is 15.5. The Kier molecular flexibility index (Phi) is 5.32. The van der Waals surface area contributed by atoms with Crippen LogP contribution in [0.1, 0.15) is 49.7 Å². The summed E-state index contributed by atoms with van der Waals surface area (Å²) in [7, 11) is 0. The van der Waals surface area contributed by atoms with E-state index in [9.17, 15) is 5.11 Å². The first kappa shape index (κ1) is 18.1. The molecule has 0 aliphatic heterocycles. The molecular weight excluding hydrogens is 326 g/mol. The molecule has 3 N–H and O–H groups in total. The highest BCUT2D eigenvalue weighted by atomic mass is 16.3. The number of aliphatic hydroxyl groups is 1. The Hall–Kier alpha value is -2.73. The molecule has 1 aliphatic carbocycles. The topological polar surface area (TPSA) is 86.7 Å². The highest BCUT2D eigenvalue weighted by Crippen LogP contribution is 2.39. The summed E-state index contributed by atoms with van der Waals surface area (Å²) in [5.74, 6) is 2.76. The summed E-state index contributed by atoms with van der Waals surface area (Å²) in [5, 5.41) is 20.3. The van der Waals surface area contributed by atoms with Gasteiger partial charge >= 0.3 is 0 Å². The van der Waals surface area contributed by atoms with E-state index >= 15 is 0 Å². The molecule has 1 atom stereocenters. The first-order valence-corrected chi connectivity index (χ1v) is 8.83. The first-order valence-electron chi connectivity index (χ1n) is 8.83. The summed E-state index contributed by atoms with van der Waals surface area (Å²) in [5.41, 5.74) is 3.77. The maximum atomic E-state index is 9.67. The van der Waals surface area contributed by atoms with Crippen LogP contribution in [0.15, 0.2) is 42.6 Å². The van der Waals surface area contributed by atoms with Crippen LogP contribution in [-0.2, 0) is 0 Å². The highest BCUT2D eigenvalue weighted by Gasteiger charge is 2.25. The maximum Gasteiger partial charge on any atom is 0.157 e. The number of allylic oxidation sites excluding steroid dienone is 3. The van der Waals surface area contributed by atoms with Gasteiger partial charge in [0.2, 0.25) is 0 Å². The van der Waals surface area contributed by atoms with Crippen LogP contribution in [0.25, 0.3) is 5.57 Å². The standard InChI is InChI=1S/C20H25N5O/c1-5-15(14(4)26)7-6-12(2)19-21-11-13(3)20(23-19)22-18-10-17(24-25-18)16-8-9-16/h5-7,10-11,14,16,26H,1,8-9H2,2-4H3,(H2,21,22,23,24,25)/b12-6+,15-7+/t14-/m0/s1. The van der Waals surface area contributed by atoms with Crippen molar-refractivity contribution < 1.29 is 5.11 Å². The average Bonchev–Trinajstić information content (AvgIpc) is 3.36. The molecule has 3 rings (SSSR count). The van der Waals surface area contributed by atoms with Crippen molar-refractivity contribution in [1.82, 2.24) is 20.2 Å². The van der Waals surface area contributed by atoms with Crippen LogP contribution in [-0.4, -0.2) is 31.4 Å². The molecule has 1 aliphatic rings. The van der Waals surface area contributed by atoms with Gasteiger partial charge in [-0.2, -0.15) is 5.10 Å². The second-order valence-corrected chi connectivity index (χ2v) is 6.73. The molecule has 6 heteroatoms. The lowest BCUT2D eigenvalue weighted by Gasteiger charge is -2.08. The molecule has 2 heterocycles. The number of H-pyrrole nitrogens is 1. The number of aryl methyl sites for hydroxylation is 1. The van der Waals surface area contributed by atoms with Crippen molar-refractivity contribution in [3.05, 3.63) is 59.7 Å². The molecule has 2 aromatic heterocycles. The third kappa shape index (κ3) is 4.26. The zero-order chi connectivity index (χ0) is 18.7. The lowest BCUT2D eigenvalue weighted by atomic mass is 10.1. The fourth-order valence-electron chi connectivity index (χ4n) is 2.56. The minimum Gasteiger partial charge on any atom is -0.389 e. The summed E-state index contributed by atoms with van der Waals surface area (Å²) in [6.07, 6.45) is 9.06. The van der Waals surface area contributed by atoms with Crippen molar-refractivity contribution in [2.75, 3.05) is 5.32 Å². The van der Waals surface area contributed by atoms with Gasteiger partial charge < -0.3 is 10.4 Å². The fraction of sp³-hybridized carbons (Fsp3) is 0.350. The quantitative estimate of drug-likeness (QED) is 0.656. The van der Waals surface area contributed by atoms with E-state index in [1.54, 1.807) is 19.2 Å². The number of nitrogens with one attached hydrogen (secondary N) is 2. The van der Waals surface area contributed by atoms with Gasteiger partial charge in [0.15, 0.2) is 11.6 Å². The van der Waals surface area contributed by atoms with Gasteiger partial charge in [-0.25, -0.2) is 9.97 Å². The molecular formula is C20H25N5O. The number of hydrogen-bond donors (Lipinski definition) is 3. The van der Waals surface area contributed by atoms with Gasteiger partial charge in [-0.3, -0.25) is 5.10 Å². The number of nitrogens with zero attached hydrogens (tertiary/aromatic N) is 3. The van der Waals surface area contributed by atoms with Crippen molar-refractivity contribution in [2.45, 2.75) is 45.6 Å². The number of aromatic nitrogens is 4. The molecule has 0 saturated heterocycles. The Labute approximate surface area is 153 Å². The van der Waals surface area contributed by atoms with Crippen molar-refractivity contribution in [1.29, 1.82) is 0 Å². The number of aromatic amines is 1. The zero-order valence-corrected chi connectivity index (χ0v) is 15.5. The van der Waals surface area contributed by atoms with Crippen LogP contribution in [0, 0.1) is 6.92 Å². The van der Waals surface area contributed by atoms with E-state index < -0.39 is 6.10 Å². The smallest absolute Gasteiger partial charge is 0.157 e. The van der Waals surface area contributed by atoms with Crippen molar-refractivity contribution in [2.24, 2.45) is 0 Å². The molecule has 136 valence electrons. The molecule has 0 bridgehead atoms. The predicted octanol–water partition coefficient (Wildman–Crippen LogP) is 4.03. The van der Waals surface area contributed by atoms with Gasteiger partial charge in [0.05, 0.1) is 6.10 Å². The van der Waals surface area contributed by atoms with Crippen LogP contribution in [0.3, 0.4) is 0 Å². The summed E-state index contributed by atoms with van der Waals surface area (Å²) < 4.78 is 0. The van der Waals surface area contributed by atoms with E-state index in [2.05, 4.69) is 32.1 Å². The normalized spacial score (nSPS) is 16.5. The van der Waals surface area contributed by atoms with Gasteiger partial charge in [-0.1, -0.05) is 24.8 Å². The second kappa shape index (κ2) is 7.66. The molecule has 1 fully saturated rings. The molecule has 0 radical (unpaired) electrons. The van der Waals surface area contributed by atoms with Crippen LogP contribution < -0.4 is 5.32 Å². The van der Waals surface area contributed by atoms with Crippen molar-refractivity contribution in [3.63, 3.8) is 0 Å². The minimum absolute atomic E-state index is 0.562. The number of anilines is 2. The molecule has 2 aromatic rings. The number of rotatable bonds is 7. The SMILES string of the molecule is C=C/C(=C\C=C(/C)c1ncc(C)c(Nc2cc(C3CC3)[nH]n2)n1)[C@H](C)O. The van der Waals surface area contributed by atoms with E-state index in [0.717, 1.165) is 28.3 Å². The predicted molar refractivity (Wildman–Crippen MR) is 104 cm³/mol. The van der Waals surface area contributed by atoms with E-state index in [4.69, 9.17) is 0 Å². The Bertz CT molecular complexity index is 859. The van der Waals surface area contributed by atoms with Crippen LogP contribution in [0.4, 0.5) is 11.6 Å². The summed E-state index contributed by atoms with van der Waals surface area (Å²) in [6.45, 7) is 9.32. The Balaban J connectivity index is 1.80. The highest BCUT2D eigenvalue weighted by molar-refractivity contribution is 5.63. The van der Waals surface area contributed by atoms with Gasteiger partial charge in [-0.15, -0.1) is 0 Å². The monoisotopic (exact) mass is 351 g/mol. The molecule has 0 spiro atoms. The Morgan fingerprint density at radius 3 is 2.85 bits per heavy atom. The Morgan fingerprint density at radius 1 is 1.42 bits per heavy atom. The molecule has 0 aromatic carbocycles. The second-order valence-electron chi connectivity index (χ2n) is 6.73. The first-order chi connectivity index (χ1) is 12.5. The molecule has 0 unspecified atom stereocenters. The van der Waals surface area contributed by atoms with Gasteiger partial charge in [0.1, 0.15) is 5.82 Å². The van der Waals surface area contributed by atoms with Gasteiger partial charge in [0.25, 0.3) is 0 Å². The van der Waals surface area contributed by atoms with E-state index in [1.165, 1.54) is 18.5 Å². The fourth-order valence-corrected chi connectivity index (χ4v) is 2.56. The lowest BCUT2D eigenvalue weighted by molar-refractivity contribution is 0.235. The molecule has 6 nitrogen and oxygen atoms in total. The van der Waals surface area contributed by atoms with E-state index in [-0.39, 0.29) is 0 Å². The minimum atomic E-state index is -0.562. The van der Waals surface area contributed by atoms with Crippen LogP contribution >= 0.6 is 0 Å². The third-order valence-electron chi connectivity index (χ3n) is 4.43. The third-order valence-corrected chi connectivity index (χ3v) is 4.43. The maximum absolute atomic E-state index is 9.67. The molecule has 0 amide bonds. The van der Waals surface area contributed by atoms with Crippen LogP contribution in [0.2, 0.25) is 0 Å². The summed E-state index contributed by atoms with van der Waals surface area (Å²) in [4.78, 5) is 9.03. The van der Waals surface area contributed by atoms with Gasteiger partial charge in [-0.05, 0) is 44.8 Å². The molecule has 26 heavy (non-hydrogen) atoms. The summed E-state index contributed by atoms with van der Waals surface area (Å²) >= 11 is 0. The average molecular weight is 351 g/mol. The van der Waals surface area contributed by atoms with Gasteiger partial charge in [0, 0.05) is 29.4 Å². The summed E-state index contributed by atoms with van der Waals surface area (Å²) in [6, 6.07) is 2.04. The number of aliphatic hydroxyl groups excluding tert-OH is 1. The lowest BCUT2D eigenvalue weighted by Crippen LogP contribution is -2.02.